The third kappa shape index (κ3) is 14.8. The summed E-state index contributed by atoms with van der Waals surface area (Å²) in [6.07, 6.45) is 4.02. The molecule has 106 valence electrons. The number of aliphatic carboxylic acids is 2. The molecule has 0 saturated carbocycles. The molecular formula is C10H22N4O4. The molecule has 0 fully saturated rings. The maximum Gasteiger partial charge on any atom is 0.318 e. The van der Waals surface area contributed by atoms with E-state index in [4.69, 9.17) is 10.2 Å². The van der Waals surface area contributed by atoms with Crippen LogP contribution in [0.25, 0.3) is 0 Å². The molecule has 8 nitrogen and oxygen atoms in total. The summed E-state index contributed by atoms with van der Waals surface area (Å²) in [5.41, 5.74) is 10.8. The maximum absolute atomic E-state index is 10.1. The van der Waals surface area contributed by atoms with Crippen LogP contribution in [0.5, 0.6) is 0 Å². The molecule has 0 spiro atoms. The van der Waals surface area contributed by atoms with Crippen LogP contribution in [0, 0.1) is 0 Å². The van der Waals surface area contributed by atoms with Crippen LogP contribution in [-0.2, 0) is 9.59 Å². The average molecular weight is 262 g/mol. The Morgan fingerprint density at radius 2 is 1.06 bits per heavy atom. The third-order valence-corrected chi connectivity index (χ3v) is 2.08. The van der Waals surface area contributed by atoms with E-state index in [0.717, 1.165) is 38.8 Å². The lowest BCUT2D eigenvalue weighted by Gasteiger charge is -2.06. The molecule has 0 saturated heterocycles. The quantitative estimate of drug-likeness (QED) is 0.183. The van der Waals surface area contributed by atoms with Gasteiger partial charge in [-0.05, 0) is 12.8 Å². The van der Waals surface area contributed by atoms with Crippen LogP contribution in [0.2, 0.25) is 0 Å². The van der Waals surface area contributed by atoms with Gasteiger partial charge in [0.2, 0.25) is 0 Å². The molecule has 0 bridgehead atoms. The van der Waals surface area contributed by atoms with Crippen LogP contribution in [0.15, 0.2) is 0 Å². The molecule has 8 heteroatoms. The molecule has 6 N–H and O–H groups in total. The zero-order chi connectivity index (χ0) is 13.6. The molecule has 0 heterocycles. The van der Waals surface area contributed by atoms with E-state index in [1.807, 2.05) is 0 Å². The van der Waals surface area contributed by atoms with Crippen LogP contribution in [0.3, 0.4) is 0 Å². The molecule has 0 radical (unpaired) electrons. The number of hydrogen-bond donors (Lipinski definition) is 6. The van der Waals surface area contributed by atoms with Gasteiger partial charge in [0.25, 0.3) is 0 Å². The molecule has 0 aliphatic carbocycles. The number of carboxylic acid groups (broad SMARTS) is 2. The number of hydrogen-bond acceptors (Lipinski definition) is 6. The van der Waals surface area contributed by atoms with Crippen molar-refractivity contribution in [3.63, 3.8) is 0 Å². The fraction of sp³-hybridized carbons (Fsp3) is 0.800. The Morgan fingerprint density at radius 3 is 1.39 bits per heavy atom. The summed E-state index contributed by atoms with van der Waals surface area (Å²) < 4.78 is 0. The lowest BCUT2D eigenvalue weighted by molar-refractivity contribution is -0.137. The summed E-state index contributed by atoms with van der Waals surface area (Å²) in [5, 5.41) is 16.7. The average Bonchev–Trinajstić information content (AvgIpc) is 2.29. The van der Waals surface area contributed by atoms with E-state index in [1.54, 1.807) is 0 Å². The predicted octanol–water partition coefficient (Wildman–Crippen LogP) is -1.10. The molecule has 0 aliphatic heterocycles. The molecular weight excluding hydrogens is 240 g/mol. The molecule has 0 aromatic rings. The number of carboxylic acids is 2. The van der Waals surface area contributed by atoms with Crippen molar-refractivity contribution in [1.82, 2.24) is 21.7 Å². The van der Waals surface area contributed by atoms with Gasteiger partial charge in [-0.1, -0.05) is 12.8 Å². The van der Waals surface area contributed by atoms with Crippen molar-refractivity contribution in [2.45, 2.75) is 25.7 Å². The van der Waals surface area contributed by atoms with E-state index in [0.29, 0.717) is 0 Å². The SMILES string of the molecule is O=C(O)CNNCCCCCCNNCC(=O)O. The molecule has 0 amide bonds. The first-order valence-corrected chi connectivity index (χ1v) is 5.98. The Hall–Kier alpha value is -1.22. The summed E-state index contributed by atoms with van der Waals surface area (Å²) >= 11 is 0. The monoisotopic (exact) mass is 262 g/mol. The van der Waals surface area contributed by atoms with Crippen LogP contribution in [-0.4, -0.2) is 48.3 Å². The highest BCUT2D eigenvalue weighted by Crippen LogP contribution is 1.96. The second-order valence-electron chi connectivity index (χ2n) is 3.76. The van der Waals surface area contributed by atoms with Crippen LogP contribution in [0.4, 0.5) is 0 Å². The molecule has 18 heavy (non-hydrogen) atoms. The van der Waals surface area contributed by atoms with Crippen molar-refractivity contribution in [2.24, 2.45) is 0 Å². The van der Waals surface area contributed by atoms with E-state index < -0.39 is 11.9 Å². The zero-order valence-corrected chi connectivity index (χ0v) is 10.4. The van der Waals surface area contributed by atoms with E-state index in [1.165, 1.54) is 0 Å². The minimum atomic E-state index is -0.887. The number of nitrogens with one attached hydrogen (secondary N) is 4. The van der Waals surface area contributed by atoms with Crippen LogP contribution >= 0.6 is 0 Å². The highest BCUT2D eigenvalue weighted by molar-refractivity contribution is 5.69. The van der Waals surface area contributed by atoms with Gasteiger partial charge in [-0.3, -0.25) is 20.4 Å². The van der Waals surface area contributed by atoms with Gasteiger partial charge in [0, 0.05) is 13.1 Å². The third-order valence-electron chi connectivity index (χ3n) is 2.08. The summed E-state index contributed by atoms with van der Waals surface area (Å²) in [4.78, 5) is 20.3. The Labute approximate surface area is 106 Å². The summed E-state index contributed by atoms with van der Waals surface area (Å²) in [6.45, 7) is 1.30. The summed E-state index contributed by atoms with van der Waals surface area (Å²) in [5.74, 6) is -1.77. The lowest BCUT2D eigenvalue weighted by Crippen LogP contribution is -2.37. The number of carbonyl (C=O) groups is 2. The Kier molecular flexibility index (Phi) is 11.4. The predicted molar refractivity (Wildman–Crippen MR) is 65.8 cm³/mol. The summed E-state index contributed by atoms with van der Waals surface area (Å²) in [7, 11) is 0. The zero-order valence-electron chi connectivity index (χ0n) is 10.4. The van der Waals surface area contributed by atoms with E-state index in [2.05, 4.69) is 21.7 Å². The van der Waals surface area contributed by atoms with E-state index in [-0.39, 0.29) is 13.1 Å². The van der Waals surface area contributed by atoms with Crippen molar-refractivity contribution < 1.29 is 19.8 Å². The van der Waals surface area contributed by atoms with Gasteiger partial charge in [0.1, 0.15) is 13.1 Å². The molecule has 0 rings (SSSR count). The van der Waals surface area contributed by atoms with E-state index >= 15 is 0 Å². The Balaban J connectivity index is 2.99. The van der Waals surface area contributed by atoms with Gasteiger partial charge in [0.15, 0.2) is 0 Å². The fourth-order valence-electron chi connectivity index (χ4n) is 1.23. The maximum atomic E-state index is 10.1. The first kappa shape index (κ1) is 16.8. The van der Waals surface area contributed by atoms with Crippen molar-refractivity contribution in [3.8, 4) is 0 Å². The second kappa shape index (κ2) is 12.2. The van der Waals surface area contributed by atoms with Gasteiger partial charge < -0.3 is 10.2 Å². The first-order valence-electron chi connectivity index (χ1n) is 5.98. The normalized spacial score (nSPS) is 10.4. The van der Waals surface area contributed by atoms with Gasteiger partial charge in [-0.2, -0.15) is 0 Å². The smallest absolute Gasteiger partial charge is 0.318 e. The van der Waals surface area contributed by atoms with Crippen molar-refractivity contribution in [1.29, 1.82) is 0 Å². The van der Waals surface area contributed by atoms with Gasteiger partial charge >= 0.3 is 11.9 Å². The number of rotatable bonds is 13. The first-order chi connectivity index (χ1) is 8.63. The Bertz CT molecular complexity index is 214. The minimum absolute atomic E-state index is 0.0842. The van der Waals surface area contributed by atoms with Gasteiger partial charge in [-0.15, -0.1) is 0 Å². The van der Waals surface area contributed by atoms with Crippen LogP contribution in [0.1, 0.15) is 25.7 Å². The number of hydrazine groups is 2. The molecule has 0 aromatic heterocycles. The van der Waals surface area contributed by atoms with Crippen molar-refractivity contribution in [3.05, 3.63) is 0 Å². The second-order valence-corrected chi connectivity index (χ2v) is 3.76. The van der Waals surface area contributed by atoms with Gasteiger partial charge in [-0.25, -0.2) is 10.9 Å². The fourth-order valence-corrected chi connectivity index (χ4v) is 1.23. The van der Waals surface area contributed by atoms with Crippen molar-refractivity contribution in [2.75, 3.05) is 26.2 Å². The highest BCUT2D eigenvalue weighted by atomic mass is 16.4. The number of unbranched alkanes of at least 4 members (excludes halogenated alkanes) is 3. The Morgan fingerprint density at radius 1 is 0.667 bits per heavy atom. The molecule has 0 atom stereocenters. The van der Waals surface area contributed by atoms with Crippen molar-refractivity contribution >= 4 is 11.9 Å². The highest BCUT2D eigenvalue weighted by Gasteiger charge is 1.95. The molecule has 0 aliphatic rings. The largest absolute Gasteiger partial charge is 0.480 e. The lowest BCUT2D eigenvalue weighted by atomic mass is 10.2. The standard InChI is InChI=1S/C10H22N4O4/c15-9(16)7-13-11-5-3-1-2-4-6-12-14-8-10(17)18/h11-14H,1-8H2,(H,15,16)(H,17,18). The molecule has 0 aromatic carbocycles. The van der Waals surface area contributed by atoms with Crippen LogP contribution < -0.4 is 21.7 Å². The minimum Gasteiger partial charge on any atom is -0.480 e. The van der Waals surface area contributed by atoms with E-state index in [9.17, 15) is 9.59 Å². The summed E-state index contributed by atoms with van der Waals surface area (Å²) in [6, 6.07) is 0. The topological polar surface area (TPSA) is 123 Å². The molecule has 0 unspecified atom stereocenters. The van der Waals surface area contributed by atoms with Gasteiger partial charge in [0.05, 0.1) is 0 Å².